The number of para-hydroxylation sites is 1. The average Bonchev–Trinajstić information content (AvgIpc) is 2.71. The maximum atomic E-state index is 12.3. The monoisotopic (exact) mass is 376 g/mol. The molecule has 0 radical (unpaired) electrons. The molecule has 0 atom stereocenters. The third-order valence-electron chi connectivity index (χ3n) is 4.43. The van der Waals surface area contributed by atoms with E-state index in [0.717, 1.165) is 28.1 Å². The topological polar surface area (TPSA) is 76.1 Å². The van der Waals surface area contributed by atoms with E-state index in [2.05, 4.69) is 26.7 Å². The number of methoxy groups -OCH3 is 1. The maximum absolute atomic E-state index is 12.3. The van der Waals surface area contributed by atoms with Crippen LogP contribution in [0, 0.1) is 13.8 Å². The van der Waals surface area contributed by atoms with Crippen molar-refractivity contribution in [1.82, 2.24) is 15.3 Å². The van der Waals surface area contributed by atoms with Gasteiger partial charge in [0.25, 0.3) is 5.91 Å². The number of aromatic nitrogens is 2. The molecule has 0 bridgehead atoms. The first-order valence-corrected chi connectivity index (χ1v) is 9.13. The van der Waals surface area contributed by atoms with Crippen molar-refractivity contribution in [2.45, 2.75) is 20.3 Å². The van der Waals surface area contributed by atoms with Crippen LogP contribution in [0.5, 0.6) is 5.75 Å². The number of anilines is 2. The number of benzene rings is 2. The highest BCUT2D eigenvalue weighted by Gasteiger charge is 2.09. The van der Waals surface area contributed by atoms with Gasteiger partial charge >= 0.3 is 0 Å². The third-order valence-corrected chi connectivity index (χ3v) is 4.43. The van der Waals surface area contributed by atoms with E-state index in [1.54, 1.807) is 7.11 Å². The zero-order chi connectivity index (χ0) is 19.9. The molecule has 6 heteroatoms. The molecule has 0 aliphatic carbocycles. The molecule has 0 unspecified atom stereocenters. The van der Waals surface area contributed by atoms with Gasteiger partial charge in [-0.3, -0.25) is 4.79 Å². The first-order valence-electron chi connectivity index (χ1n) is 9.13. The van der Waals surface area contributed by atoms with Crippen LogP contribution in [0.1, 0.15) is 27.0 Å². The van der Waals surface area contributed by atoms with Crippen LogP contribution in [0.2, 0.25) is 0 Å². The minimum Gasteiger partial charge on any atom is -0.496 e. The Kier molecular flexibility index (Phi) is 6.22. The van der Waals surface area contributed by atoms with Gasteiger partial charge in [0.15, 0.2) is 0 Å². The number of hydrogen-bond acceptors (Lipinski definition) is 5. The van der Waals surface area contributed by atoms with E-state index in [1.807, 2.05) is 50.2 Å². The fourth-order valence-electron chi connectivity index (χ4n) is 2.82. The fraction of sp³-hybridized carbons (Fsp3) is 0.227. The third kappa shape index (κ3) is 4.85. The van der Waals surface area contributed by atoms with E-state index >= 15 is 0 Å². The van der Waals surface area contributed by atoms with Crippen LogP contribution >= 0.6 is 0 Å². The Balaban J connectivity index is 1.57. The Morgan fingerprint density at radius 2 is 1.82 bits per heavy atom. The van der Waals surface area contributed by atoms with Gasteiger partial charge in [0.05, 0.1) is 12.7 Å². The Bertz CT molecular complexity index is 955. The first-order chi connectivity index (χ1) is 13.6. The zero-order valence-electron chi connectivity index (χ0n) is 16.3. The summed E-state index contributed by atoms with van der Waals surface area (Å²) >= 11 is 0. The lowest BCUT2D eigenvalue weighted by atomic mass is 10.1. The summed E-state index contributed by atoms with van der Waals surface area (Å²) in [6, 6.07) is 13.9. The van der Waals surface area contributed by atoms with Crippen molar-refractivity contribution in [3.05, 3.63) is 77.1 Å². The molecule has 3 rings (SSSR count). The second kappa shape index (κ2) is 8.99. The summed E-state index contributed by atoms with van der Waals surface area (Å²) in [5, 5.41) is 6.08. The largest absolute Gasteiger partial charge is 0.496 e. The quantitative estimate of drug-likeness (QED) is 0.656. The molecule has 28 heavy (non-hydrogen) atoms. The van der Waals surface area contributed by atoms with E-state index in [0.29, 0.717) is 24.5 Å². The molecule has 6 nitrogen and oxygen atoms in total. The Hall–Kier alpha value is -3.41. The van der Waals surface area contributed by atoms with Crippen LogP contribution in [0.15, 0.2) is 54.9 Å². The van der Waals surface area contributed by atoms with E-state index < -0.39 is 0 Å². The van der Waals surface area contributed by atoms with Gasteiger partial charge in [-0.15, -0.1) is 0 Å². The number of nitrogens with one attached hydrogen (secondary N) is 2. The fourth-order valence-corrected chi connectivity index (χ4v) is 2.82. The number of aryl methyl sites for hydroxylation is 2. The summed E-state index contributed by atoms with van der Waals surface area (Å²) in [5.41, 5.74) is 4.68. The maximum Gasteiger partial charge on any atom is 0.254 e. The Morgan fingerprint density at radius 3 is 2.57 bits per heavy atom. The van der Waals surface area contributed by atoms with Crippen molar-refractivity contribution in [2.24, 2.45) is 0 Å². The van der Waals surface area contributed by atoms with E-state index in [1.165, 1.54) is 12.4 Å². The minimum atomic E-state index is -0.201. The van der Waals surface area contributed by atoms with Crippen molar-refractivity contribution in [3.63, 3.8) is 0 Å². The molecule has 3 aromatic rings. The standard InChI is InChI=1S/C22H24N4O2/c1-15-8-9-16(2)19(12-15)26-22-24-13-18(14-25-22)21(27)23-11-10-17-6-4-5-7-20(17)28-3/h4-9,12-14H,10-11H2,1-3H3,(H,23,27)(H,24,25,26). The van der Waals surface area contributed by atoms with Crippen LogP contribution in [0.3, 0.4) is 0 Å². The highest BCUT2D eigenvalue weighted by Crippen LogP contribution is 2.19. The average molecular weight is 376 g/mol. The van der Waals surface area contributed by atoms with Crippen LogP contribution in [-0.4, -0.2) is 29.5 Å². The number of amides is 1. The molecule has 1 aromatic heterocycles. The number of carbonyl (C=O) groups excluding carboxylic acids is 1. The van der Waals surface area contributed by atoms with Crippen LogP contribution < -0.4 is 15.4 Å². The predicted octanol–water partition coefficient (Wildman–Crippen LogP) is 3.82. The summed E-state index contributed by atoms with van der Waals surface area (Å²) in [6.07, 6.45) is 3.74. The minimum absolute atomic E-state index is 0.201. The number of ether oxygens (including phenoxy) is 1. The van der Waals surface area contributed by atoms with Gasteiger partial charge in [-0.1, -0.05) is 30.3 Å². The van der Waals surface area contributed by atoms with Gasteiger partial charge < -0.3 is 15.4 Å². The first kappa shape index (κ1) is 19.4. The summed E-state index contributed by atoms with van der Waals surface area (Å²) in [4.78, 5) is 20.8. The van der Waals surface area contributed by atoms with Crippen LogP contribution in [-0.2, 0) is 6.42 Å². The Labute approximate surface area is 165 Å². The lowest BCUT2D eigenvalue weighted by molar-refractivity contribution is 0.0953. The molecule has 144 valence electrons. The molecule has 1 amide bonds. The van der Waals surface area contributed by atoms with Crippen molar-refractivity contribution < 1.29 is 9.53 Å². The molecule has 0 fully saturated rings. The molecule has 0 saturated carbocycles. The molecular weight excluding hydrogens is 352 g/mol. The Morgan fingerprint density at radius 1 is 1.07 bits per heavy atom. The lowest BCUT2D eigenvalue weighted by Gasteiger charge is -2.10. The second-order valence-corrected chi connectivity index (χ2v) is 6.56. The molecule has 0 aliphatic heterocycles. The van der Waals surface area contributed by atoms with Gasteiger partial charge in [0.2, 0.25) is 5.95 Å². The summed E-state index contributed by atoms with van der Waals surface area (Å²) in [5.74, 6) is 1.08. The lowest BCUT2D eigenvalue weighted by Crippen LogP contribution is -2.26. The van der Waals surface area contributed by atoms with Gasteiger partial charge in [-0.2, -0.15) is 0 Å². The van der Waals surface area contributed by atoms with Crippen molar-refractivity contribution in [3.8, 4) is 5.75 Å². The zero-order valence-corrected chi connectivity index (χ0v) is 16.3. The molecule has 2 aromatic carbocycles. The predicted molar refractivity (Wildman–Crippen MR) is 110 cm³/mol. The van der Waals surface area contributed by atoms with Gasteiger partial charge in [0.1, 0.15) is 5.75 Å². The highest BCUT2D eigenvalue weighted by molar-refractivity contribution is 5.93. The second-order valence-electron chi connectivity index (χ2n) is 6.56. The van der Waals surface area contributed by atoms with Crippen molar-refractivity contribution in [2.75, 3.05) is 19.0 Å². The molecule has 0 spiro atoms. The molecule has 0 aliphatic rings. The molecular formula is C22H24N4O2. The van der Waals surface area contributed by atoms with Gasteiger partial charge in [0, 0.05) is 24.6 Å². The number of carbonyl (C=O) groups is 1. The summed E-state index contributed by atoms with van der Waals surface area (Å²) in [7, 11) is 1.64. The van der Waals surface area contributed by atoms with E-state index in [4.69, 9.17) is 4.74 Å². The van der Waals surface area contributed by atoms with Crippen LogP contribution in [0.25, 0.3) is 0 Å². The number of hydrogen-bond donors (Lipinski definition) is 2. The molecule has 0 saturated heterocycles. The summed E-state index contributed by atoms with van der Waals surface area (Å²) in [6.45, 7) is 4.55. The SMILES string of the molecule is COc1ccccc1CCNC(=O)c1cnc(Nc2cc(C)ccc2C)nc1. The van der Waals surface area contributed by atoms with Crippen molar-refractivity contribution >= 4 is 17.5 Å². The van der Waals surface area contributed by atoms with Crippen LogP contribution in [0.4, 0.5) is 11.6 Å². The van der Waals surface area contributed by atoms with Gasteiger partial charge in [-0.05, 0) is 49.1 Å². The van der Waals surface area contributed by atoms with E-state index in [9.17, 15) is 4.79 Å². The summed E-state index contributed by atoms with van der Waals surface area (Å²) < 4.78 is 5.33. The number of rotatable bonds is 7. The van der Waals surface area contributed by atoms with E-state index in [-0.39, 0.29) is 5.91 Å². The highest BCUT2D eigenvalue weighted by atomic mass is 16.5. The normalized spacial score (nSPS) is 10.4. The van der Waals surface area contributed by atoms with Crippen molar-refractivity contribution in [1.29, 1.82) is 0 Å². The molecule has 2 N–H and O–H groups in total. The number of nitrogens with zero attached hydrogens (tertiary/aromatic N) is 2. The molecule has 1 heterocycles. The smallest absolute Gasteiger partial charge is 0.254 e. The van der Waals surface area contributed by atoms with Gasteiger partial charge in [-0.25, -0.2) is 9.97 Å².